The normalized spacial score (nSPS) is 14.4. The zero-order valence-corrected chi connectivity index (χ0v) is 11.5. The highest BCUT2D eigenvalue weighted by Gasteiger charge is 2.19. The molecule has 3 rings (SSSR count). The minimum absolute atomic E-state index is 0.0954. The summed E-state index contributed by atoms with van der Waals surface area (Å²) in [5, 5.41) is 0.619. The number of anilines is 1. The van der Waals surface area contributed by atoms with Gasteiger partial charge in [0.1, 0.15) is 0 Å². The lowest BCUT2D eigenvalue weighted by Crippen LogP contribution is -2.07. The summed E-state index contributed by atoms with van der Waals surface area (Å²) in [7, 11) is 0. The van der Waals surface area contributed by atoms with E-state index in [0.29, 0.717) is 17.1 Å². The maximum atomic E-state index is 11.8. The predicted octanol–water partition coefficient (Wildman–Crippen LogP) is 2.88. The highest BCUT2D eigenvalue weighted by molar-refractivity contribution is 6.35. The molecule has 20 heavy (non-hydrogen) atoms. The average Bonchev–Trinajstić information content (AvgIpc) is 2.58. The lowest BCUT2D eigenvalue weighted by atomic mass is 10.2. The van der Waals surface area contributed by atoms with Gasteiger partial charge in [-0.1, -0.05) is 35.9 Å². The number of carbonyl (C=O) groups is 1. The number of aliphatic imine (C=N–C) groups is 1. The van der Waals surface area contributed by atoms with Crippen molar-refractivity contribution in [2.24, 2.45) is 4.99 Å². The number of nitrogens with two attached hydrogens (primary N) is 1. The van der Waals surface area contributed by atoms with E-state index in [1.807, 2.05) is 42.5 Å². The molecule has 3 nitrogen and oxygen atoms in total. The first-order chi connectivity index (χ1) is 9.65. The molecule has 1 heterocycles. The van der Waals surface area contributed by atoms with Gasteiger partial charge in [-0.3, -0.25) is 9.79 Å². The highest BCUT2D eigenvalue weighted by Crippen LogP contribution is 2.25. The van der Waals surface area contributed by atoms with Gasteiger partial charge in [0.05, 0.1) is 12.3 Å². The summed E-state index contributed by atoms with van der Waals surface area (Å²) < 4.78 is 0. The zero-order valence-electron chi connectivity index (χ0n) is 10.8. The molecule has 0 unspecified atom stereocenters. The van der Waals surface area contributed by atoms with Gasteiger partial charge in [0, 0.05) is 28.3 Å². The summed E-state index contributed by atoms with van der Waals surface area (Å²) in [5.41, 5.74) is 9.93. The van der Waals surface area contributed by atoms with Gasteiger partial charge in [0.15, 0.2) is 5.78 Å². The smallest absolute Gasteiger partial charge is 0.158 e. The fourth-order valence-corrected chi connectivity index (χ4v) is 2.60. The standard InChI is InChI=1S/C16H13ClN2O/c17-15-4-2-1-3-13(15)16-14-8-11(18)6-5-10(14)7-12(20)9-19-16/h1-6,8H,7,9,18H2/i5+1,6+1,8+1,10+1,11+1,14+1. The average molecular weight is 291 g/mol. The Labute approximate surface area is 122 Å². The zero-order chi connectivity index (χ0) is 14.1. The Bertz CT molecular complexity index is 722. The van der Waals surface area contributed by atoms with Gasteiger partial charge >= 0.3 is 0 Å². The molecule has 0 aliphatic carbocycles. The Morgan fingerprint density at radius 1 is 1.10 bits per heavy atom. The van der Waals surface area contributed by atoms with Gasteiger partial charge in [-0.15, -0.1) is 0 Å². The van der Waals surface area contributed by atoms with E-state index in [0.717, 1.165) is 22.4 Å². The van der Waals surface area contributed by atoms with Crippen LogP contribution in [0.2, 0.25) is 5.02 Å². The summed E-state index contributed by atoms with van der Waals surface area (Å²) in [6.45, 7) is 0.176. The van der Waals surface area contributed by atoms with E-state index in [-0.39, 0.29) is 12.3 Å². The third-order valence-corrected chi connectivity index (χ3v) is 3.65. The SMILES string of the molecule is N[13c]1[13cH][13cH][13c]2[13c]([13cH]1)C(c1ccccc1Cl)=NCC(=O)C2. The second-order valence-electron chi connectivity index (χ2n) is 4.78. The lowest BCUT2D eigenvalue weighted by molar-refractivity contribution is -0.117. The van der Waals surface area contributed by atoms with Crippen LogP contribution < -0.4 is 5.73 Å². The van der Waals surface area contributed by atoms with E-state index in [2.05, 4.69) is 4.99 Å². The molecule has 100 valence electrons. The molecule has 0 spiro atoms. The minimum atomic E-state index is 0.0954. The Hall–Kier alpha value is -2.13. The van der Waals surface area contributed by atoms with Crippen molar-refractivity contribution in [3.63, 3.8) is 0 Å². The number of nitrogen functional groups attached to an aromatic ring is 1. The largest absolute Gasteiger partial charge is 0.399 e. The number of carbonyl (C=O) groups excluding carboxylic acids is 1. The summed E-state index contributed by atoms with van der Waals surface area (Å²) in [4.78, 5) is 16.3. The summed E-state index contributed by atoms with van der Waals surface area (Å²) in [6.07, 6.45) is 0.382. The highest BCUT2D eigenvalue weighted by atomic mass is 35.5. The number of nitrogens with zero attached hydrogens (tertiary/aromatic N) is 1. The second kappa shape index (κ2) is 5.10. The molecule has 2 aromatic carbocycles. The molecule has 0 amide bonds. The van der Waals surface area contributed by atoms with Gasteiger partial charge in [-0.2, -0.15) is 0 Å². The van der Waals surface area contributed by atoms with Crippen LogP contribution in [-0.4, -0.2) is 18.0 Å². The summed E-state index contributed by atoms with van der Waals surface area (Å²) in [5.74, 6) is 0.0954. The molecule has 0 radical (unpaired) electrons. The van der Waals surface area contributed by atoms with Crippen LogP contribution in [0.3, 0.4) is 0 Å². The fourth-order valence-electron chi connectivity index (χ4n) is 2.37. The van der Waals surface area contributed by atoms with Crippen molar-refractivity contribution >= 4 is 28.8 Å². The van der Waals surface area contributed by atoms with Crippen molar-refractivity contribution in [1.82, 2.24) is 0 Å². The topological polar surface area (TPSA) is 55.4 Å². The third-order valence-electron chi connectivity index (χ3n) is 3.32. The Balaban J connectivity index is 2.23. The molecule has 2 N–H and O–H groups in total. The number of Topliss-reactive ketones (excluding diaryl/α,β-unsaturated/α-hetero) is 1. The first-order valence-corrected chi connectivity index (χ1v) is 6.73. The van der Waals surface area contributed by atoms with Crippen LogP contribution in [0.15, 0.2) is 47.5 Å². The number of fused-ring (bicyclic) bond motifs is 1. The molecule has 0 bridgehead atoms. The van der Waals surface area contributed by atoms with Crippen LogP contribution >= 0.6 is 11.6 Å². The van der Waals surface area contributed by atoms with E-state index >= 15 is 0 Å². The van der Waals surface area contributed by atoms with Gasteiger partial charge in [-0.05, 0) is 23.8 Å². The van der Waals surface area contributed by atoms with Crippen molar-refractivity contribution in [3.05, 3.63) is 64.2 Å². The molecule has 0 aromatic heterocycles. The monoisotopic (exact) mass is 290 g/mol. The Morgan fingerprint density at radius 3 is 2.70 bits per heavy atom. The van der Waals surface area contributed by atoms with Crippen LogP contribution in [0.5, 0.6) is 0 Å². The van der Waals surface area contributed by atoms with Gasteiger partial charge in [-0.25, -0.2) is 0 Å². The van der Waals surface area contributed by atoms with E-state index in [1.54, 1.807) is 0 Å². The second-order valence-corrected chi connectivity index (χ2v) is 5.18. The first-order valence-electron chi connectivity index (χ1n) is 6.35. The van der Waals surface area contributed by atoms with E-state index in [1.165, 1.54) is 0 Å². The number of halogens is 1. The van der Waals surface area contributed by atoms with E-state index in [9.17, 15) is 4.79 Å². The molecular formula is C16H13ClN2O. The number of rotatable bonds is 1. The summed E-state index contributed by atoms with van der Waals surface area (Å²) in [6, 6.07) is 13.1. The summed E-state index contributed by atoms with van der Waals surface area (Å²) >= 11 is 6.26. The molecule has 0 atom stereocenters. The maximum absolute atomic E-state index is 11.8. The molecule has 0 fully saturated rings. The van der Waals surface area contributed by atoms with Crippen molar-refractivity contribution < 1.29 is 4.79 Å². The van der Waals surface area contributed by atoms with Crippen LogP contribution in [0.4, 0.5) is 5.69 Å². The van der Waals surface area contributed by atoms with Crippen molar-refractivity contribution in [2.45, 2.75) is 6.42 Å². The molecule has 0 saturated carbocycles. The Morgan fingerprint density at radius 2 is 1.90 bits per heavy atom. The molecule has 2 aromatic rings. The Kier molecular flexibility index (Phi) is 3.28. The van der Waals surface area contributed by atoms with Crippen molar-refractivity contribution in [2.75, 3.05) is 12.3 Å². The minimum Gasteiger partial charge on any atom is -0.399 e. The van der Waals surface area contributed by atoms with Gasteiger partial charge in [0.25, 0.3) is 0 Å². The van der Waals surface area contributed by atoms with Crippen LogP contribution in [0.25, 0.3) is 0 Å². The third kappa shape index (κ3) is 2.32. The molecule has 0 saturated heterocycles. The van der Waals surface area contributed by atoms with Crippen molar-refractivity contribution in [1.29, 1.82) is 0 Å². The maximum Gasteiger partial charge on any atom is 0.158 e. The van der Waals surface area contributed by atoms with E-state index in [4.69, 9.17) is 17.3 Å². The van der Waals surface area contributed by atoms with Crippen molar-refractivity contribution in [3.8, 4) is 0 Å². The van der Waals surface area contributed by atoms with Crippen LogP contribution in [0, 0.1) is 0 Å². The molecule has 4 heteroatoms. The van der Waals surface area contributed by atoms with Crippen LogP contribution in [-0.2, 0) is 11.2 Å². The van der Waals surface area contributed by atoms with E-state index < -0.39 is 0 Å². The molecule has 1 aliphatic heterocycles. The number of hydrogen-bond donors (Lipinski definition) is 1. The number of ketones is 1. The first kappa shape index (κ1) is 12.9. The quantitative estimate of drug-likeness (QED) is 0.821. The van der Waals surface area contributed by atoms with Gasteiger partial charge in [0.2, 0.25) is 0 Å². The predicted molar refractivity (Wildman–Crippen MR) is 81.5 cm³/mol. The van der Waals surface area contributed by atoms with Gasteiger partial charge < -0.3 is 5.73 Å². The number of benzene rings is 2. The molecule has 1 aliphatic rings. The number of hydrogen-bond acceptors (Lipinski definition) is 3. The fraction of sp³-hybridized carbons (Fsp3) is 0.125. The van der Waals surface area contributed by atoms with Crippen LogP contribution in [0.1, 0.15) is 16.7 Å². The molecular weight excluding hydrogens is 278 g/mol. The lowest BCUT2D eigenvalue weighted by Gasteiger charge is -2.11.